The van der Waals surface area contributed by atoms with Gasteiger partial charge in [-0.1, -0.05) is 26.2 Å². The molecule has 6 heteroatoms. The third-order valence-corrected chi connectivity index (χ3v) is 5.53. The molecule has 0 N–H and O–H groups in total. The average Bonchev–Trinajstić information content (AvgIpc) is 2.59. The van der Waals surface area contributed by atoms with E-state index in [1.165, 1.54) is 41.9 Å². The van der Waals surface area contributed by atoms with Gasteiger partial charge >= 0.3 is 0 Å². The lowest BCUT2D eigenvalue weighted by atomic mass is 9.89. The molecule has 1 saturated heterocycles. The lowest BCUT2D eigenvalue weighted by molar-refractivity contribution is -0.143. The molecule has 0 bridgehead atoms. The van der Waals surface area contributed by atoms with Crippen LogP contribution in [0.2, 0.25) is 0 Å². The van der Waals surface area contributed by atoms with E-state index in [1.807, 2.05) is 20.8 Å². The van der Waals surface area contributed by atoms with E-state index in [2.05, 4.69) is 0 Å². The first-order chi connectivity index (χ1) is 11.5. The number of amides is 2. The van der Waals surface area contributed by atoms with Gasteiger partial charge in [-0.25, -0.2) is 0 Å². The van der Waals surface area contributed by atoms with Gasteiger partial charge in [0, 0.05) is 25.3 Å². The van der Waals surface area contributed by atoms with Gasteiger partial charge in [-0.3, -0.25) is 24.4 Å². The van der Waals surface area contributed by atoms with E-state index in [-0.39, 0.29) is 11.8 Å². The van der Waals surface area contributed by atoms with E-state index in [1.54, 1.807) is 0 Å². The summed E-state index contributed by atoms with van der Waals surface area (Å²) in [6.07, 6.45) is 6.89. The number of thiocarbonyl (C=S) groups is 1. The standard InChI is InChI=1S/C18H29N3O2S/c1-4-14(19-12-13-10-8-7-9-11-13)15-16(22)20(5-2)18(24)21(6-3)17(15)23/h13,15H,4-12H2,1-3H3. The maximum atomic E-state index is 12.8. The molecule has 0 aromatic carbocycles. The minimum Gasteiger partial charge on any atom is -0.292 e. The molecule has 0 spiro atoms. The summed E-state index contributed by atoms with van der Waals surface area (Å²) in [7, 11) is 0. The first-order valence-corrected chi connectivity index (χ1v) is 9.65. The second-order valence-corrected chi connectivity index (χ2v) is 6.94. The molecule has 0 aromatic heterocycles. The van der Waals surface area contributed by atoms with Crippen molar-refractivity contribution in [3.63, 3.8) is 0 Å². The molecule has 24 heavy (non-hydrogen) atoms. The summed E-state index contributed by atoms with van der Waals surface area (Å²) in [6, 6.07) is 0. The van der Waals surface area contributed by atoms with Crippen molar-refractivity contribution in [3.05, 3.63) is 0 Å². The Morgan fingerprint density at radius 1 is 1.04 bits per heavy atom. The molecule has 1 saturated carbocycles. The maximum absolute atomic E-state index is 12.8. The predicted octanol–water partition coefficient (Wildman–Crippen LogP) is 3.03. The van der Waals surface area contributed by atoms with E-state index in [4.69, 9.17) is 17.2 Å². The fourth-order valence-corrected chi connectivity index (χ4v) is 4.08. The Morgan fingerprint density at radius 2 is 1.58 bits per heavy atom. The number of hydrogen-bond donors (Lipinski definition) is 0. The molecule has 2 amide bonds. The highest BCUT2D eigenvalue weighted by atomic mass is 32.1. The van der Waals surface area contributed by atoms with Crippen LogP contribution in [-0.4, -0.2) is 52.1 Å². The average molecular weight is 352 g/mol. The molecule has 2 rings (SSSR count). The molecule has 1 aliphatic carbocycles. The van der Waals surface area contributed by atoms with Gasteiger partial charge in [-0.05, 0) is 51.2 Å². The number of carbonyl (C=O) groups is 2. The smallest absolute Gasteiger partial charge is 0.247 e. The minimum absolute atomic E-state index is 0.207. The normalized spacial score (nSPS) is 21.8. The van der Waals surface area contributed by atoms with Gasteiger partial charge < -0.3 is 0 Å². The Balaban J connectivity index is 2.22. The Morgan fingerprint density at radius 3 is 2.04 bits per heavy atom. The van der Waals surface area contributed by atoms with Crippen LogP contribution >= 0.6 is 12.2 Å². The van der Waals surface area contributed by atoms with E-state index >= 15 is 0 Å². The summed E-state index contributed by atoms with van der Waals surface area (Å²) in [4.78, 5) is 33.4. The van der Waals surface area contributed by atoms with Gasteiger partial charge in [0.05, 0.1) is 0 Å². The molecule has 2 aliphatic rings. The Hall–Kier alpha value is -1.30. The highest BCUT2D eigenvalue weighted by Gasteiger charge is 2.44. The van der Waals surface area contributed by atoms with Gasteiger partial charge in [-0.2, -0.15) is 0 Å². The first-order valence-electron chi connectivity index (χ1n) is 9.24. The summed E-state index contributed by atoms with van der Waals surface area (Å²) in [5, 5.41) is 0.328. The fraction of sp³-hybridized carbons (Fsp3) is 0.778. The SMILES string of the molecule is CCC(=NCC1CCCCC1)C1C(=O)N(CC)C(=S)N(CC)C1=O. The van der Waals surface area contributed by atoms with E-state index < -0.39 is 5.92 Å². The quantitative estimate of drug-likeness (QED) is 0.420. The highest BCUT2D eigenvalue weighted by molar-refractivity contribution is 7.80. The zero-order valence-corrected chi connectivity index (χ0v) is 15.9. The Labute approximate surface area is 150 Å². The number of carbonyl (C=O) groups excluding carboxylic acids is 2. The van der Waals surface area contributed by atoms with Gasteiger partial charge in [-0.15, -0.1) is 0 Å². The molecule has 1 aliphatic heterocycles. The Bertz CT molecular complexity index is 500. The number of hydrogen-bond acceptors (Lipinski definition) is 4. The summed E-state index contributed by atoms with van der Waals surface area (Å²) in [5.74, 6) is -0.604. The fourth-order valence-electron chi connectivity index (χ4n) is 3.64. The van der Waals surface area contributed by atoms with Crippen molar-refractivity contribution in [2.45, 2.75) is 59.3 Å². The van der Waals surface area contributed by atoms with Gasteiger partial charge in [0.25, 0.3) is 0 Å². The molecular formula is C18H29N3O2S. The summed E-state index contributed by atoms with van der Waals surface area (Å²) in [6.45, 7) is 7.45. The van der Waals surface area contributed by atoms with E-state index in [0.717, 1.165) is 12.3 Å². The number of aliphatic imine (C=N–C) groups is 1. The van der Waals surface area contributed by atoms with Crippen molar-refractivity contribution in [1.29, 1.82) is 0 Å². The zero-order chi connectivity index (χ0) is 17.7. The predicted molar refractivity (Wildman–Crippen MR) is 100 cm³/mol. The molecule has 0 unspecified atom stereocenters. The second-order valence-electron chi connectivity index (χ2n) is 6.57. The molecule has 0 radical (unpaired) electrons. The van der Waals surface area contributed by atoms with Crippen molar-refractivity contribution in [2.75, 3.05) is 19.6 Å². The topological polar surface area (TPSA) is 53.0 Å². The lowest BCUT2D eigenvalue weighted by Crippen LogP contribution is -2.61. The third-order valence-electron chi connectivity index (χ3n) is 5.09. The zero-order valence-electron chi connectivity index (χ0n) is 15.1. The van der Waals surface area contributed by atoms with Crippen LogP contribution in [0.15, 0.2) is 4.99 Å². The van der Waals surface area contributed by atoms with Gasteiger partial charge in [0.2, 0.25) is 11.8 Å². The summed E-state index contributed by atoms with van der Waals surface area (Å²) >= 11 is 5.31. The second kappa shape index (κ2) is 8.70. The van der Waals surface area contributed by atoms with Crippen LogP contribution in [0.25, 0.3) is 0 Å². The first kappa shape index (κ1) is 19.0. The van der Waals surface area contributed by atoms with Crippen LogP contribution < -0.4 is 0 Å². The highest BCUT2D eigenvalue weighted by Crippen LogP contribution is 2.25. The van der Waals surface area contributed by atoms with E-state index in [9.17, 15) is 9.59 Å². The maximum Gasteiger partial charge on any atom is 0.247 e. The number of rotatable bonds is 6. The van der Waals surface area contributed by atoms with Crippen molar-refractivity contribution < 1.29 is 9.59 Å². The van der Waals surface area contributed by atoms with E-state index in [0.29, 0.717) is 30.5 Å². The van der Waals surface area contributed by atoms with Gasteiger partial charge in [0.1, 0.15) is 0 Å². The molecule has 1 heterocycles. The van der Waals surface area contributed by atoms with Crippen LogP contribution in [-0.2, 0) is 9.59 Å². The molecule has 5 nitrogen and oxygen atoms in total. The number of nitrogens with zero attached hydrogens (tertiary/aromatic N) is 3. The van der Waals surface area contributed by atoms with Crippen molar-refractivity contribution >= 4 is 34.9 Å². The molecule has 2 fully saturated rings. The summed E-state index contributed by atoms with van der Waals surface area (Å²) in [5.41, 5.74) is 0.718. The van der Waals surface area contributed by atoms with Crippen LogP contribution in [0.4, 0.5) is 0 Å². The monoisotopic (exact) mass is 351 g/mol. The van der Waals surface area contributed by atoms with Crippen LogP contribution in [0, 0.1) is 11.8 Å². The summed E-state index contributed by atoms with van der Waals surface area (Å²) < 4.78 is 0. The van der Waals surface area contributed by atoms with Crippen LogP contribution in [0.5, 0.6) is 0 Å². The van der Waals surface area contributed by atoms with Crippen LogP contribution in [0.3, 0.4) is 0 Å². The van der Waals surface area contributed by atoms with Crippen molar-refractivity contribution in [3.8, 4) is 0 Å². The largest absolute Gasteiger partial charge is 0.292 e. The lowest BCUT2D eigenvalue weighted by Gasteiger charge is -2.38. The van der Waals surface area contributed by atoms with Crippen LogP contribution in [0.1, 0.15) is 59.3 Å². The van der Waals surface area contributed by atoms with Crippen molar-refractivity contribution in [1.82, 2.24) is 9.80 Å². The van der Waals surface area contributed by atoms with Gasteiger partial charge in [0.15, 0.2) is 11.0 Å². The molecular weight excluding hydrogens is 322 g/mol. The third kappa shape index (κ3) is 3.85. The van der Waals surface area contributed by atoms with Crippen molar-refractivity contribution in [2.24, 2.45) is 16.8 Å². The minimum atomic E-state index is -0.787. The molecule has 134 valence electrons. The Kier molecular flexibility index (Phi) is 6.90. The molecule has 0 atom stereocenters. The molecule has 0 aromatic rings.